The third-order valence-corrected chi connectivity index (χ3v) is 4.16. The molecule has 0 saturated carbocycles. The van der Waals surface area contributed by atoms with Crippen molar-refractivity contribution in [2.24, 2.45) is 0 Å². The highest BCUT2D eigenvalue weighted by Crippen LogP contribution is 2.18. The maximum atomic E-state index is 14.4. The van der Waals surface area contributed by atoms with Crippen molar-refractivity contribution in [3.63, 3.8) is 0 Å². The van der Waals surface area contributed by atoms with Crippen LogP contribution in [-0.4, -0.2) is 50.3 Å². The highest BCUT2D eigenvalue weighted by atomic mass is 19.1. The van der Waals surface area contributed by atoms with Crippen molar-refractivity contribution >= 4 is 11.9 Å². The molecule has 0 spiro atoms. The predicted molar refractivity (Wildman–Crippen MR) is 104 cm³/mol. The van der Waals surface area contributed by atoms with E-state index >= 15 is 0 Å². The number of halogens is 1. The second-order valence-corrected chi connectivity index (χ2v) is 6.36. The summed E-state index contributed by atoms with van der Waals surface area (Å²) in [6, 6.07) is 16.6. The van der Waals surface area contributed by atoms with E-state index < -0.39 is 36.6 Å². The van der Waals surface area contributed by atoms with Gasteiger partial charge in [0.2, 0.25) is 0 Å². The van der Waals surface area contributed by atoms with Gasteiger partial charge in [0.25, 0.3) is 0 Å². The lowest BCUT2D eigenvalue weighted by Crippen LogP contribution is -2.44. The summed E-state index contributed by atoms with van der Waals surface area (Å²) >= 11 is 0. The molecule has 0 N–H and O–H groups in total. The predicted octanol–water partition coefficient (Wildman–Crippen LogP) is 3.80. The Morgan fingerprint density at radius 3 is 1.90 bits per heavy atom. The van der Waals surface area contributed by atoms with E-state index in [4.69, 9.17) is 18.9 Å². The number of alkyl halides is 1. The van der Waals surface area contributed by atoms with Gasteiger partial charge in [0.05, 0.1) is 11.1 Å². The van der Waals surface area contributed by atoms with Gasteiger partial charge >= 0.3 is 11.9 Å². The van der Waals surface area contributed by atoms with E-state index in [-0.39, 0.29) is 12.2 Å². The SMILES string of the molecule is COC(C)O[C@H](COC(=O)c1ccccc1)C(OC(=O)c1ccccc1)C(C)F. The summed E-state index contributed by atoms with van der Waals surface area (Å²) in [4.78, 5) is 24.6. The van der Waals surface area contributed by atoms with Crippen molar-refractivity contribution in [1.29, 1.82) is 0 Å². The third-order valence-electron chi connectivity index (χ3n) is 4.16. The zero-order valence-corrected chi connectivity index (χ0v) is 16.6. The number of hydrogen-bond donors (Lipinski definition) is 0. The number of carbonyl (C=O) groups is 2. The van der Waals surface area contributed by atoms with Crippen LogP contribution in [-0.2, 0) is 18.9 Å². The molecule has 2 aromatic rings. The number of benzene rings is 2. The first-order chi connectivity index (χ1) is 13.9. The lowest BCUT2D eigenvalue weighted by Gasteiger charge is -2.29. The third kappa shape index (κ3) is 6.96. The number of esters is 2. The normalized spacial score (nSPS) is 15.0. The Kier molecular flexibility index (Phi) is 8.76. The Morgan fingerprint density at radius 1 is 0.897 bits per heavy atom. The van der Waals surface area contributed by atoms with E-state index in [1.807, 2.05) is 0 Å². The minimum absolute atomic E-state index is 0.276. The Hall–Kier alpha value is -2.77. The van der Waals surface area contributed by atoms with Gasteiger partial charge in [-0.25, -0.2) is 14.0 Å². The largest absolute Gasteiger partial charge is 0.459 e. The molecule has 2 aromatic carbocycles. The van der Waals surface area contributed by atoms with Gasteiger partial charge in [0.1, 0.15) is 18.9 Å². The fourth-order valence-corrected chi connectivity index (χ4v) is 2.56. The monoisotopic (exact) mass is 404 g/mol. The van der Waals surface area contributed by atoms with Gasteiger partial charge in [-0.15, -0.1) is 0 Å². The van der Waals surface area contributed by atoms with Crippen molar-refractivity contribution in [2.45, 2.75) is 38.5 Å². The van der Waals surface area contributed by atoms with Crippen molar-refractivity contribution in [3.8, 4) is 0 Å². The van der Waals surface area contributed by atoms with Crippen molar-refractivity contribution in [3.05, 3.63) is 71.8 Å². The van der Waals surface area contributed by atoms with E-state index in [1.165, 1.54) is 14.0 Å². The molecule has 2 rings (SSSR count). The molecule has 0 aliphatic carbocycles. The molecular weight excluding hydrogens is 379 g/mol. The van der Waals surface area contributed by atoms with Crippen molar-refractivity contribution in [2.75, 3.05) is 13.7 Å². The summed E-state index contributed by atoms with van der Waals surface area (Å²) in [5.41, 5.74) is 0.620. The average Bonchev–Trinajstić information content (AvgIpc) is 2.75. The number of ether oxygens (including phenoxy) is 4. The molecular formula is C22H25FO6. The summed E-state index contributed by atoms with van der Waals surface area (Å²) in [6.07, 6.45) is -4.67. The molecule has 29 heavy (non-hydrogen) atoms. The van der Waals surface area contributed by atoms with Crippen LogP contribution >= 0.6 is 0 Å². The maximum Gasteiger partial charge on any atom is 0.338 e. The quantitative estimate of drug-likeness (QED) is 0.443. The molecule has 0 heterocycles. The van der Waals surface area contributed by atoms with E-state index in [0.29, 0.717) is 5.56 Å². The van der Waals surface area contributed by atoms with E-state index in [0.717, 1.165) is 0 Å². The van der Waals surface area contributed by atoms with Crippen molar-refractivity contribution < 1.29 is 32.9 Å². The van der Waals surface area contributed by atoms with Crippen LogP contribution in [0.1, 0.15) is 34.6 Å². The topological polar surface area (TPSA) is 71.1 Å². The van der Waals surface area contributed by atoms with Crippen LogP contribution in [0.2, 0.25) is 0 Å². The summed E-state index contributed by atoms with van der Waals surface area (Å²) in [7, 11) is 1.42. The zero-order chi connectivity index (χ0) is 21.2. The summed E-state index contributed by atoms with van der Waals surface area (Å²) in [5, 5.41) is 0. The van der Waals surface area contributed by atoms with Gasteiger partial charge in [-0.1, -0.05) is 36.4 Å². The van der Waals surface area contributed by atoms with Crippen LogP contribution in [0.3, 0.4) is 0 Å². The zero-order valence-electron chi connectivity index (χ0n) is 16.6. The Morgan fingerprint density at radius 2 is 1.41 bits per heavy atom. The number of methoxy groups -OCH3 is 1. The fourth-order valence-electron chi connectivity index (χ4n) is 2.56. The molecule has 0 bridgehead atoms. The van der Waals surface area contributed by atoms with Crippen LogP contribution < -0.4 is 0 Å². The number of hydrogen-bond acceptors (Lipinski definition) is 6. The van der Waals surface area contributed by atoms with E-state index in [1.54, 1.807) is 67.6 Å². The number of rotatable bonds is 10. The minimum atomic E-state index is -1.58. The molecule has 0 radical (unpaired) electrons. The molecule has 0 aromatic heterocycles. The standard InChI is InChI=1S/C22H25FO6/c1-15(23)20(29-22(25)18-12-8-5-9-13-18)19(28-16(2)26-3)14-27-21(24)17-10-6-4-7-11-17/h4-13,15-16,19-20H,14H2,1-3H3/t15?,16?,19-,20?/m1/s1. The highest BCUT2D eigenvalue weighted by Gasteiger charge is 2.34. The van der Waals surface area contributed by atoms with Gasteiger partial charge in [-0.05, 0) is 38.1 Å². The molecule has 0 aliphatic rings. The minimum Gasteiger partial charge on any atom is -0.459 e. The van der Waals surface area contributed by atoms with Crippen molar-refractivity contribution in [1.82, 2.24) is 0 Å². The molecule has 0 amide bonds. The lowest BCUT2D eigenvalue weighted by molar-refractivity contribution is -0.188. The molecule has 0 fully saturated rings. The first kappa shape index (κ1) is 22.5. The first-order valence-corrected chi connectivity index (χ1v) is 9.23. The van der Waals surface area contributed by atoms with Gasteiger partial charge in [-0.3, -0.25) is 0 Å². The van der Waals surface area contributed by atoms with Gasteiger partial charge in [0, 0.05) is 7.11 Å². The Bertz CT molecular complexity index is 765. The second kappa shape index (κ2) is 11.3. The molecule has 3 unspecified atom stereocenters. The Balaban J connectivity index is 2.13. The lowest BCUT2D eigenvalue weighted by atomic mass is 10.1. The molecule has 0 aliphatic heterocycles. The van der Waals surface area contributed by atoms with Crippen LogP contribution in [0, 0.1) is 0 Å². The van der Waals surface area contributed by atoms with Gasteiger partial charge in [-0.2, -0.15) is 0 Å². The molecule has 6 nitrogen and oxygen atoms in total. The van der Waals surface area contributed by atoms with E-state index in [9.17, 15) is 14.0 Å². The molecule has 7 heteroatoms. The molecule has 156 valence electrons. The van der Waals surface area contributed by atoms with Crippen LogP contribution in [0.4, 0.5) is 4.39 Å². The average molecular weight is 404 g/mol. The van der Waals surface area contributed by atoms with Gasteiger partial charge in [0.15, 0.2) is 12.4 Å². The van der Waals surface area contributed by atoms with E-state index in [2.05, 4.69) is 0 Å². The first-order valence-electron chi connectivity index (χ1n) is 9.23. The van der Waals surface area contributed by atoms with Gasteiger partial charge < -0.3 is 18.9 Å². The summed E-state index contributed by atoms with van der Waals surface area (Å²) < 4.78 is 35.7. The second-order valence-electron chi connectivity index (χ2n) is 6.36. The fraction of sp³-hybridized carbons (Fsp3) is 0.364. The Labute approximate surface area is 169 Å². The summed E-state index contributed by atoms with van der Waals surface area (Å²) in [5.74, 6) is -1.29. The van der Waals surface area contributed by atoms with Crippen LogP contribution in [0.5, 0.6) is 0 Å². The van der Waals surface area contributed by atoms with Crippen LogP contribution in [0.25, 0.3) is 0 Å². The molecule has 4 atom stereocenters. The highest BCUT2D eigenvalue weighted by molar-refractivity contribution is 5.90. The maximum absolute atomic E-state index is 14.4. The summed E-state index contributed by atoms with van der Waals surface area (Å²) in [6.45, 7) is 2.53. The van der Waals surface area contributed by atoms with Crippen LogP contribution in [0.15, 0.2) is 60.7 Å². The molecule has 0 saturated heterocycles. The smallest absolute Gasteiger partial charge is 0.338 e. The number of carbonyl (C=O) groups excluding carboxylic acids is 2.